The van der Waals surface area contributed by atoms with Crippen molar-refractivity contribution >= 4 is 10.0 Å². The predicted molar refractivity (Wildman–Crippen MR) is 105 cm³/mol. The van der Waals surface area contributed by atoms with E-state index >= 15 is 0 Å². The second kappa shape index (κ2) is 9.29. The minimum absolute atomic E-state index is 0.0139. The fourth-order valence-electron chi connectivity index (χ4n) is 3.32. The first kappa shape index (κ1) is 21.3. The molecule has 6 heteroatoms. The highest BCUT2D eigenvalue weighted by molar-refractivity contribution is 7.89. The average molecular weight is 385 g/mol. The first-order valence-corrected chi connectivity index (χ1v) is 11.2. The van der Waals surface area contributed by atoms with Gasteiger partial charge in [-0.1, -0.05) is 39.0 Å². The van der Waals surface area contributed by atoms with E-state index < -0.39 is 10.0 Å². The number of rotatable bonds is 8. The molecule has 0 spiro atoms. The molecule has 0 atom stereocenters. The zero-order chi connectivity index (χ0) is 19.2. The maximum Gasteiger partial charge on any atom is 0.214 e. The summed E-state index contributed by atoms with van der Waals surface area (Å²) in [6.45, 7) is 8.36. The van der Waals surface area contributed by atoms with Gasteiger partial charge in [-0.3, -0.25) is 0 Å². The number of piperidine rings is 1. The lowest BCUT2D eigenvalue weighted by molar-refractivity contribution is 0.258. The molecule has 1 aliphatic heterocycles. The molecule has 148 valence electrons. The van der Waals surface area contributed by atoms with Crippen molar-refractivity contribution in [1.29, 1.82) is 0 Å². The smallest absolute Gasteiger partial charge is 0.214 e. The topological polar surface area (TPSA) is 49.4 Å². The zero-order valence-electron chi connectivity index (χ0n) is 16.3. The van der Waals surface area contributed by atoms with Gasteiger partial charge in [-0.05, 0) is 62.2 Å². The van der Waals surface area contributed by atoms with Crippen molar-refractivity contribution < 1.29 is 12.8 Å². The van der Waals surface area contributed by atoms with Gasteiger partial charge < -0.3 is 5.32 Å². The third-order valence-corrected chi connectivity index (χ3v) is 6.88. The predicted octanol–water partition coefficient (Wildman–Crippen LogP) is 3.58. The van der Waals surface area contributed by atoms with Crippen LogP contribution in [-0.4, -0.2) is 44.2 Å². The molecule has 1 fully saturated rings. The Morgan fingerprint density at radius 1 is 1.19 bits per heavy atom. The minimum atomic E-state index is -3.31. The van der Waals surface area contributed by atoms with E-state index in [1.165, 1.54) is 6.07 Å². The summed E-state index contributed by atoms with van der Waals surface area (Å²) in [5.74, 6) is -0.0309. The van der Waals surface area contributed by atoms with Gasteiger partial charge in [0.1, 0.15) is 5.82 Å². The van der Waals surface area contributed by atoms with Crippen LogP contribution in [0, 0.1) is 11.2 Å². The van der Waals surface area contributed by atoms with E-state index in [0.29, 0.717) is 31.4 Å². The van der Waals surface area contributed by atoms with E-state index in [1.54, 1.807) is 16.4 Å². The minimum Gasteiger partial charge on any atom is -0.317 e. The molecule has 26 heavy (non-hydrogen) atoms. The monoisotopic (exact) mass is 384 g/mol. The summed E-state index contributed by atoms with van der Waals surface area (Å²) in [5.41, 5.74) is 0.643. The second-order valence-corrected chi connectivity index (χ2v) is 10.5. The van der Waals surface area contributed by atoms with Crippen LogP contribution in [0.5, 0.6) is 0 Å². The lowest BCUT2D eigenvalue weighted by atomic mass is 9.94. The van der Waals surface area contributed by atoms with E-state index in [4.69, 9.17) is 0 Å². The van der Waals surface area contributed by atoms with Crippen LogP contribution in [0.3, 0.4) is 0 Å². The first-order valence-electron chi connectivity index (χ1n) is 9.63. The van der Waals surface area contributed by atoms with Crippen LogP contribution < -0.4 is 5.32 Å². The van der Waals surface area contributed by atoms with Gasteiger partial charge in [0.05, 0.1) is 5.75 Å². The molecule has 1 saturated heterocycles. The van der Waals surface area contributed by atoms with Crippen LogP contribution in [0.2, 0.25) is 0 Å². The Morgan fingerprint density at radius 2 is 1.85 bits per heavy atom. The third-order valence-electron chi connectivity index (χ3n) is 4.97. The van der Waals surface area contributed by atoms with Crippen LogP contribution in [0.4, 0.5) is 4.39 Å². The fourth-order valence-corrected chi connectivity index (χ4v) is 5.50. The molecule has 0 saturated carbocycles. The normalized spacial score (nSPS) is 17.0. The van der Waals surface area contributed by atoms with Crippen molar-refractivity contribution in [3.63, 3.8) is 0 Å². The van der Waals surface area contributed by atoms with Gasteiger partial charge in [0.15, 0.2) is 0 Å². The summed E-state index contributed by atoms with van der Waals surface area (Å²) >= 11 is 0. The Morgan fingerprint density at radius 3 is 2.46 bits per heavy atom. The number of aryl methyl sites for hydroxylation is 1. The zero-order valence-corrected chi connectivity index (χ0v) is 17.1. The highest BCUT2D eigenvalue weighted by Gasteiger charge is 2.31. The molecule has 1 aromatic carbocycles. The standard InChI is InChI=1S/C20H33FN2O2S/c1-20(2,3)12-16-26(24,25)23(18-10-13-22-14-11-18)15-6-8-17-7-4-5-9-19(17)21/h4-5,7,9,18,22H,6,8,10-16H2,1-3H3. The van der Waals surface area contributed by atoms with Crippen LogP contribution in [0.15, 0.2) is 24.3 Å². The third kappa shape index (κ3) is 6.63. The Kier molecular flexibility index (Phi) is 7.62. The second-order valence-electron chi connectivity index (χ2n) is 8.41. The van der Waals surface area contributed by atoms with Gasteiger partial charge in [-0.25, -0.2) is 12.8 Å². The number of benzene rings is 1. The van der Waals surface area contributed by atoms with Crippen molar-refractivity contribution in [3.05, 3.63) is 35.6 Å². The molecule has 4 nitrogen and oxygen atoms in total. The molecule has 0 aliphatic carbocycles. The van der Waals surface area contributed by atoms with Gasteiger partial charge in [0.25, 0.3) is 0 Å². The fraction of sp³-hybridized carbons (Fsp3) is 0.700. The van der Waals surface area contributed by atoms with Crippen LogP contribution in [0.25, 0.3) is 0 Å². The van der Waals surface area contributed by atoms with Gasteiger partial charge in [-0.2, -0.15) is 4.31 Å². The molecule has 0 bridgehead atoms. The van der Waals surface area contributed by atoms with Crippen molar-refractivity contribution in [1.82, 2.24) is 9.62 Å². The van der Waals surface area contributed by atoms with Crippen LogP contribution in [-0.2, 0) is 16.4 Å². The van der Waals surface area contributed by atoms with Gasteiger partial charge >= 0.3 is 0 Å². The van der Waals surface area contributed by atoms with Crippen LogP contribution >= 0.6 is 0 Å². The summed E-state index contributed by atoms with van der Waals surface area (Å²) in [6, 6.07) is 6.79. The summed E-state index contributed by atoms with van der Waals surface area (Å²) < 4.78 is 41.6. The lowest BCUT2D eigenvalue weighted by Crippen LogP contribution is -2.47. The SMILES string of the molecule is CC(C)(C)CCS(=O)(=O)N(CCCc1ccccc1F)C1CCNCC1. The average Bonchev–Trinajstić information content (AvgIpc) is 2.58. The molecule has 0 unspecified atom stereocenters. The molecule has 1 aliphatic rings. The largest absolute Gasteiger partial charge is 0.317 e. The molecular formula is C20H33FN2O2S. The van der Waals surface area contributed by atoms with E-state index in [1.807, 2.05) is 6.07 Å². The summed E-state index contributed by atoms with van der Waals surface area (Å²) in [5, 5.41) is 3.30. The first-order chi connectivity index (χ1) is 12.2. The Hall–Kier alpha value is -0.980. The maximum absolute atomic E-state index is 13.8. The highest BCUT2D eigenvalue weighted by atomic mass is 32.2. The molecule has 1 aromatic rings. The Bertz CT molecular complexity index is 665. The van der Waals surface area contributed by atoms with E-state index in [2.05, 4.69) is 26.1 Å². The van der Waals surface area contributed by atoms with Crippen molar-refractivity contribution in [2.24, 2.45) is 5.41 Å². The summed E-state index contributed by atoms with van der Waals surface area (Å²) in [6.07, 6.45) is 3.52. The Labute approximate surface area is 158 Å². The summed E-state index contributed by atoms with van der Waals surface area (Å²) in [7, 11) is -3.31. The van der Waals surface area contributed by atoms with Gasteiger partial charge in [0, 0.05) is 12.6 Å². The van der Waals surface area contributed by atoms with Crippen molar-refractivity contribution in [2.45, 2.75) is 58.9 Å². The van der Waals surface area contributed by atoms with Gasteiger partial charge in [-0.15, -0.1) is 0 Å². The van der Waals surface area contributed by atoms with Crippen molar-refractivity contribution in [3.8, 4) is 0 Å². The lowest BCUT2D eigenvalue weighted by Gasteiger charge is -2.34. The molecule has 2 rings (SSSR count). The quantitative estimate of drug-likeness (QED) is 0.745. The van der Waals surface area contributed by atoms with Crippen LogP contribution in [0.1, 0.15) is 52.0 Å². The summed E-state index contributed by atoms with van der Waals surface area (Å²) in [4.78, 5) is 0. The number of nitrogens with zero attached hydrogens (tertiary/aromatic N) is 1. The number of sulfonamides is 1. The molecule has 0 aromatic heterocycles. The number of hydrogen-bond acceptors (Lipinski definition) is 3. The highest BCUT2D eigenvalue weighted by Crippen LogP contribution is 2.24. The van der Waals surface area contributed by atoms with E-state index in [9.17, 15) is 12.8 Å². The number of nitrogens with one attached hydrogen (secondary N) is 1. The molecule has 0 radical (unpaired) electrons. The molecule has 1 N–H and O–H groups in total. The molecule has 1 heterocycles. The molecule has 0 amide bonds. The maximum atomic E-state index is 13.8. The number of halogens is 1. The molecular weight excluding hydrogens is 351 g/mol. The van der Waals surface area contributed by atoms with Crippen molar-refractivity contribution in [2.75, 3.05) is 25.4 Å². The van der Waals surface area contributed by atoms with Gasteiger partial charge in [0.2, 0.25) is 10.0 Å². The van der Waals surface area contributed by atoms with E-state index in [0.717, 1.165) is 25.9 Å². The Balaban J connectivity index is 2.04. The number of hydrogen-bond donors (Lipinski definition) is 1. The van der Waals surface area contributed by atoms with E-state index in [-0.39, 0.29) is 23.0 Å².